The molecular weight excluding hydrogens is 949 g/mol. The Morgan fingerprint density at radius 1 is 0.260 bits per heavy atom. The number of hydrogen-bond acceptors (Lipinski definition) is 6. The maximum atomic E-state index is 12.9. The van der Waals surface area contributed by atoms with Crippen molar-refractivity contribution in [3.05, 3.63) is 134 Å². The van der Waals surface area contributed by atoms with E-state index in [2.05, 4.69) is 154 Å². The number of carbonyl (C=O) groups is 3. The van der Waals surface area contributed by atoms with E-state index < -0.39 is 6.10 Å². The molecule has 77 heavy (non-hydrogen) atoms. The lowest BCUT2D eigenvalue weighted by Gasteiger charge is -2.18. The van der Waals surface area contributed by atoms with E-state index in [1.807, 2.05) is 0 Å². The largest absolute Gasteiger partial charge is 0.462 e. The summed E-state index contributed by atoms with van der Waals surface area (Å²) in [7, 11) is 0. The average molecular weight is 1070 g/mol. The van der Waals surface area contributed by atoms with Crippen LogP contribution < -0.4 is 0 Å². The number of carbonyl (C=O) groups excluding carboxylic acids is 3. The van der Waals surface area contributed by atoms with Crippen molar-refractivity contribution >= 4 is 17.9 Å². The Kier molecular flexibility index (Phi) is 60.4. The fourth-order valence-electron chi connectivity index (χ4n) is 8.50. The van der Waals surface area contributed by atoms with Crippen molar-refractivity contribution in [1.82, 2.24) is 0 Å². The van der Waals surface area contributed by atoms with Gasteiger partial charge in [0, 0.05) is 19.3 Å². The second-order valence-electron chi connectivity index (χ2n) is 20.5. The Bertz CT molecular complexity index is 1650. The maximum absolute atomic E-state index is 12.9. The van der Waals surface area contributed by atoms with Crippen LogP contribution in [0.2, 0.25) is 0 Å². The molecule has 0 aromatic heterocycles. The van der Waals surface area contributed by atoms with E-state index in [1.165, 1.54) is 77.0 Å². The van der Waals surface area contributed by atoms with Gasteiger partial charge < -0.3 is 14.2 Å². The summed E-state index contributed by atoms with van der Waals surface area (Å²) in [4.78, 5) is 38.3. The van der Waals surface area contributed by atoms with Crippen LogP contribution >= 0.6 is 0 Å². The van der Waals surface area contributed by atoms with Gasteiger partial charge in [0.15, 0.2) is 6.10 Å². The van der Waals surface area contributed by atoms with Crippen molar-refractivity contribution in [3.63, 3.8) is 0 Å². The molecule has 0 spiro atoms. The average Bonchev–Trinajstić information content (AvgIpc) is 3.43. The van der Waals surface area contributed by atoms with Crippen LogP contribution in [0.3, 0.4) is 0 Å². The highest BCUT2D eigenvalue weighted by Gasteiger charge is 2.19. The molecule has 0 rings (SSSR count). The molecule has 0 saturated heterocycles. The van der Waals surface area contributed by atoms with Crippen LogP contribution in [0.4, 0.5) is 0 Å². The normalized spacial score (nSPS) is 13.0. The van der Waals surface area contributed by atoms with E-state index in [9.17, 15) is 14.4 Å². The third-order valence-corrected chi connectivity index (χ3v) is 13.1. The van der Waals surface area contributed by atoms with Crippen LogP contribution in [0.1, 0.15) is 278 Å². The van der Waals surface area contributed by atoms with Gasteiger partial charge >= 0.3 is 17.9 Å². The molecule has 0 amide bonds. The van der Waals surface area contributed by atoms with E-state index in [0.29, 0.717) is 19.3 Å². The molecule has 1 atom stereocenters. The number of ether oxygens (including phenoxy) is 3. The summed E-state index contributed by atoms with van der Waals surface area (Å²) in [5.74, 6) is -0.937. The van der Waals surface area contributed by atoms with Crippen LogP contribution in [-0.2, 0) is 28.6 Å². The molecule has 0 aliphatic carbocycles. The minimum Gasteiger partial charge on any atom is -0.462 e. The predicted octanol–water partition coefficient (Wildman–Crippen LogP) is 21.8. The third-order valence-electron chi connectivity index (χ3n) is 13.1. The van der Waals surface area contributed by atoms with Crippen LogP contribution in [0.25, 0.3) is 0 Å². The SMILES string of the molecule is CC/C=C\C/C=C\C/C=C\C/C=C\CCCCCCCCCCCCCCCCC(=O)OCC(COC(=O)CCCCCCC/C=C\C/C=C\C/C=C\CC)OC(=O)CCCCCC/C=C\C/C=C\C/C=C\C/C=C\CC. The molecule has 0 aromatic rings. The Labute approximate surface area is 475 Å². The fraction of sp³-hybridized carbons (Fsp3) is 0.648. The number of esters is 3. The second kappa shape index (κ2) is 64.1. The molecule has 6 heteroatoms. The molecule has 0 fully saturated rings. The maximum Gasteiger partial charge on any atom is 0.306 e. The van der Waals surface area contributed by atoms with Gasteiger partial charge in [-0.2, -0.15) is 0 Å². The highest BCUT2D eigenvalue weighted by Crippen LogP contribution is 2.16. The lowest BCUT2D eigenvalue weighted by molar-refractivity contribution is -0.167. The first-order valence-electron chi connectivity index (χ1n) is 31.7. The standard InChI is InChI=1S/C71H116O6/c1-4-7-10-13-16-19-22-25-28-30-31-32-33-34-35-36-37-38-39-41-43-46-49-52-55-58-61-64-70(73)76-67-68(66-75-69(72)63-60-57-54-51-48-45-42-27-24-21-18-15-12-9-6-3)77-71(74)65-62-59-56-53-50-47-44-40-29-26-23-20-17-14-11-8-5-2/h7-12,16-21,25-29,31-32,42,44,47,68H,4-6,13-15,22-24,30,33-41,43,45-46,48-67H2,1-3H3/b10-7-,11-8-,12-9-,19-16-,20-17-,21-18-,28-25-,29-26-,32-31-,42-27-,47-44-. The minimum atomic E-state index is -0.804. The van der Waals surface area contributed by atoms with Crippen molar-refractivity contribution in [2.75, 3.05) is 13.2 Å². The summed E-state index contributed by atoms with van der Waals surface area (Å²) in [5, 5.41) is 0. The Morgan fingerprint density at radius 2 is 0.468 bits per heavy atom. The van der Waals surface area contributed by atoms with Crippen molar-refractivity contribution in [2.45, 2.75) is 284 Å². The second-order valence-corrected chi connectivity index (χ2v) is 20.5. The highest BCUT2D eigenvalue weighted by atomic mass is 16.6. The molecule has 0 bridgehead atoms. The summed E-state index contributed by atoms with van der Waals surface area (Å²) in [6, 6.07) is 0. The molecule has 0 N–H and O–H groups in total. The Hall–Kier alpha value is -4.45. The van der Waals surface area contributed by atoms with Crippen molar-refractivity contribution in [1.29, 1.82) is 0 Å². The summed E-state index contributed by atoms with van der Waals surface area (Å²) in [6.45, 7) is 6.28. The van der Waals surface area contributed by atoms with Crippen molar-refractivity contribution < 1.29 is 28.6 Å². The van der Waals surface area contributed by atoms with E-state index in [-0.39, 0.29) is 31.1 Å². The molecular formula is C71H116O6. The van der Waals surface area contributed by atoms with E-state index in [0.717, 1.165) is 161 Å². The van der Waals surface area contributed by atoms with Gasteiger partial charge in [-0.25, -0.2) is 0 Å². The molecule has 0 aromatic carbocycles. The van der Waals surface area contributed by atoms with Gasteiger partial charge in [-0.3, -0.25) is 14.4 Å². The zero-order chi connectivity index (χ0) is 55.7. The van der Waals surface area contributed by atoms with Crippen LogP contribution in [0.15, 0.2) is 134 Å². The Balaban J connectivity index is 4.35. The highest BCUT2D eigenvalue weighted by molar-refractivity contribution is 5.71. The van der Waals surface area contributed by atoms with Gasteiger partial charge in [0.05, 0.1) is 0 Å². The third kappa shape index (κ3) is 62.3. The first kappa shape index (κ1) is 72.5. The molecule has 0 aliphatic heterocycles. The lowest BCUT2D eigenvalue weighted by atomic mass is 10.0. The summed E-state index contributed by atoms with van der Waals surface area (Å²) >= 11 is 0. The first-order chi connectivity index (χ1) is 38.0. The van der Waals surface area contributed by atoms with Crippen LogP contribution in [0.5, 0.6) is 0 Å². The molecule has 436 valence electrons. The number of allylic oxidation sites excluding steroid dienone is 22. The van der Waals surface area contributed by atoms with E-state index in [1.54, 1.807) is 0 Å². The van der Waals surface area contributed by atoms with Gasteiger partial charge in [0.1, 0.15) is 13.2 Å². The topological polar surface area (TPSA) is 78.9 Å². The van der Waals surface area contributed by atoms with Gasteiger partial charge in [-0.1, -0.05) is 264 Å². The summed E-state index contributed by atoms with van der Waals surface area (Å²) in [5.41, 5.74) is 0. The lowest BCUT2D eigenvalue weighted by Crippen LogP contribution is -2.30. The van der Waals surface area contributed by atoms with Crippen molar-refractivity contribution in [3.8, 4) is 0 Å². The monoisotopic (exact) mass is 1060 g/mol. The van der Waals surface area contributed by atoms with Gasteiger partial charge in [0.25, 0.3) is 0 Å². The zero-order valence-electron chi connectivity index (χ0n) is 49.9. The van der Waals surface area contributed by atoms with Gasteiger partial charge in [0.2, 0.25) is 0 Å². The number of hydrogen-bond donors (Lipinski definition) is 0. The molecule has 1 unspecified atom stereocenters. The van der Waals surface area contributed by atoms with Crippen LogP contribution in [0, 0.1) is 0 Å². The summed E-state index contributed by atoms with van der Waals surface area (Å²) < 4.78 is 16.9. The van der Waals surface area contributed by atoms with Gasteiger partial charge in [-0.15, -0.1) is 0 Å². The number of rotatable bonds is 56. The predicted molar refractivity (Wildman–Crippen MR) is 334 cm³/mol. The zero-order valence-corrected chi connectivity index (χ0v) is 49.9. The molecule has 0 saturated carbocycles. The molecule has 0 aliphatic rings. The molecule has 0 heterocycles. The van der Waals surface area contributed by atoms with Gasteiger partial charge in [-0.05, 0) is 128 Å². The molecule has 6 nitrogen and oxygen atoms in total. The molecule has 0 radical (unpaired) electrons. The Morgan fingerprint density at radius 3 is 0.727 bits per heavy atom. The quantitative estimate of drug-likeness (QED) is 0.0261. The minimum absolute atomic E-state index is 0.0968. The van der Waals surface area contributed by atoms with E-state index >= 15 is 0 Å². The summed E-state index contributed by atoms with van der Waals surface area (Å²) in [6.07, 6.45) is 90.3. The van der Waals surface area contributed by atoms with E-state index in [4.69, 9.17) is 14.2 Å². The fourth-order valence-corrected chi connectivity index (χ4v) is 8.50. The number of unbranched alkanes of at least 4 members (excludes halogenated alkanes) is 23. The first-order valence-corrected chi connectivity index (χ1v) is 31.7. The van der Waals surface area contributed by atoms with Crippen molar-refractivity contribution in [2.24, 2.45) is 0 Å². The van der Waals surface area contributed by atoms with Crippen LogP contribution in [-0.4, -0.2) is 37.2 Å². The smallest absolute Gasteiger partial charge is 0.306 e.